The fraction of sp³-hybridized carbons (Fsp3) is 0.467. The molecule has 2 aromatic rings. The molecule has 5 nitrogen and oxygen atoms in total. The molecular formula is C15H23N5. The Hall–Kier alpha value is -1.88. The standard InChI is InChI=1S/C15H23N5/c1-3-20-15(17-13-18-20)12-16-10-7-11-19(2)14-8-5-4-6-9-14/h4-6,8-9,13,16H,3,7,10-12H2,1-2H3. The van der Waals surface area contributed by atoms with E-state index in [4.69, 9.17) is 0 Å². The molecule has 0 aliphatic carbocycles. The lowest BCUT2D eigenvalue weighted by molar-refractivity contribution is 0.564. The zero-order chi connectivity index (χ0) is 14.2. The first-order chi connectivity index (χ1) is 9.81. The van der Waals surface area contributed by atoms with Crippen LogP contribution in [0.4, 0.5) is 5.69 Å². The molecule has 0 amide bonds. The molecule has 0 aliphatic heterocycles. The van der Waals surface area contributed by atoms with E-state index in [0.717, 1.165) is 38.4 Å². The largest absolute Gasteiger partial charge is 0.375 e. The van der Waals surface area contributed by atoms with Gasteiger partial charge in [0.2, 0.25) is 0 Å². The van der Waals surface area contributed by atoms with Crippen LogP contribution in [0.2, 0.25) is 0 Å². The van der Waals surface area contributed by atoms with Crippen molar-refractivity contribution < 1.29 is 0 Å². The molecule has 0 unspecified atom stereocenters. The molecule has 20 heavy (non-hydrogen) atoms. The Morgan fingerprint density at radius 2 is 2.05 bits per heavy atom. The van der Waals surface area contributed by atoms with E-state index in [1.54, 1.807) is 6.33 Å². The van der Waals surface area contributed by atoms with Crippen molar-refractivity contribution in [2.75, 3.05) is 25.0 Å². The lowest BCUT2D eigenvalue weighted by Crippen LogP contribution is -2.24. The van der Waals surface area contributed by atoms with Gasteiger partial charge in [-0.3, -0.25) is 0 Å². The first kappa shape index (κ1) is 14.5. The third-order valence-electron chi connectivity index (χ3n) is 3.32. The van der Waals surface area contributed by atoms with Crippen LogP contribution in [-0.4, -0.2) is 34.9 Å². The van der Waals surface area contributed by atoms with Crippen molar-refractivity contribution in [1.82, 2.24) is 20.1 Å². The lowest BCUT2D eigenvalue weighted by atomic mass is 10.3. The number of anilines is 1. The third kappa shape index (κ3) is 4.06. The monoisotopic (exact) mass is 273 g/mol. The predicted molar refractivity (Wildman–Crippen MR) is 81.7 cm³/mol. The van der Waals surface area contributed by atoms with Crippen LogP contribution >= 0.6 is 0 Å². The van der Waals surface area contributed by atoms with Gasteiger partial charge >= 0.3 is 0 Å². The number of hydrogen-bond donors (Lipinski definition) is 1. The molecule has 5 heteroatoms. The van der Waals surface area contributed by atoms with Gasteiger partial charge in [-0.25, -0.2) is 9.67 Å². The van der Waals surface area contributed by atoms with Crippen LogP contribution in [0.5, 0.6) is 0 Å². The van der Waals surface area contributed by atoms with Gasteiger partial charge in [0, 0.05) is 25.8 Å². The van der Waals surface area contributed by atoms with Crippen molar-refractivity contribution in [1.29, 1.82) is 0 Å². The number of benzene rings is 1. The molecular weight excluding hydrogens is 250 g/mol. The number of rotatable bonds is 8. The zero-order valence-electron chi connectivity index (χ0n) is 12.3. The number of aromatic nitrogens is 3. The van der Waals surface area contributed by atoms with Gasteiger partial charge in [0.05, 0.1) is 6.54 Å². The highest BCUT2D eigenvalue weighted by Crippen LogP contribution is 2.10. The van der Waals surface area contributed by atoms with Crippen LogP contribution in [0.3, 0.4) is 0 Å². The molecule has 0 aliphatic rings. The second-order valence-corrected chi connectivity index (χ2v) is 4.78. The van der Waals surface area contributed by atoms with Gasteiger partial charge < -0.3 is 10.2 Å². The Labute approximate surface area is 120 Å². The highest BCUT2D eigenvalue weighted by atomic mass is 15.3. The van der Waals surface area contributed by atoms with E-state index in [9.17, 15) is 0 Å². The summed E-state index contributed by atoms with van der Waals surface area (Å²) in [4.78, 5) is 6.52. The molecule has 0 saturated heterocycles. The van der Waals surface area contributed by atoms with Gasteiger partial charge in [0.25, 0.3) is 0 Å². The van der Waals surface area contributed by atoms with Crippen LogP contribution in [0.1, 0.15) is 19.2 Å². The normalized spacial score (nSPS) is 10.7. The fourth-order valence-corrected chi connectivity index (χ4v) is 2.14. The van der Waals surface area contributed by atoms with Gasteiger partial charge in [0.15, 0.2) is 0 Å². The van der Waals surface area contributed by atoms with E-state index in [0.29, 0.717) is 0 Å². The van der Waals surface area contributed by atoms with Crippen molar-refractivity contribution in [3.63, 3.8) is 0 Å². The number of aryl methyl sites for hydroxylation is 1. The minimum Gasteiger partial charge on any atom is -0.375 e. The van der Waals surface area contributed by atoms with Crippen LogP contribution in [0.15, 0.2) is 36.7 Å². The molecule has 1 heterocycles. The van der Waals surface area contributed by atoms with Crippen LogP contribution in [0, 0.1) is 0 Å². The maximum Gasteiger partial charge on any atom is 0.140 e. The summed E-state index contributed by atoms with van der Waals surface area (Å²) in [5.41, 5.74) is 1.26. The molecule has 0 atom stereocenters. The molecule has 1 aromatic carbocycles. The summed E-state index contributed by atoms with van der Waals surface area (Å²) in [7, 11) is 2.13. The first-order valence-corrected chi connectivity index (χ1v) is 7.15. The quantitative estimate of drug-likeness (QED) is 0.746. The highest BCUT2D eigenvalue weighted by Gasteiger charge is 2.02. The summed E-state index contributed by atoms with van der Waals surface area (Å²) in [5.74, 6) is 1.00. The van der Waals surface area contributed by atoms with Crippen molar-refractivity contribution in [3.8, 4) is 0 Å². The lowest BCUT2D eigenvalue weighted by Gasteiger charge is -2.19. The van der Waals surface area contributed by atoms with Gasteiger partial charge in [0.1, 0.15) is 12.2 Å². The Morgan fingerprint density at radius 3 is 2.80 bits per heavy atom. The highest BCUT2D eigenvalue weighted by molar-refractivity contribution is 5.44. The van der Waals surface area contributed by atoms with Crippen LogP contribution in [-0.2, 0) is 13.1 Å². The summed E-state index contributed by atoms with van der Waals surface area (Å²) in [6.45, 7) is 5.74. The Balaban J connectivity index is 1.65. The summed E-state index contributed by atoms with van der Waals surface area (Å²) < 4.78 is 1.92. The van der Waals surface area contributed by atoms with E-state index in [1.165, 1.54) is 5.69 Å². The fourth-order valence-electron chi connectivity index (χ4n) is 2.14. The molecule has 0 fully saturated rings. The number of para-hydroxylation sites is 1. The summed E-state index contributed by atoms with van der Waals surface area (Å²) in [6, 6.07) is 10.5. The van der Waals surface area contributed by atoms with E-state index in [-0.39, 0.29) is 0 Å². The predicted octanol–water partition coefficient (Wildman–Crippen LogP) is 1.91. The Morgan fingerprint density at radius 1 is 1.25 bits per heavy atom. The second kappa shape index (κ2) is 7.65. The van der Waals surface area contributed by atoms with Crippen molar-refractivity contribution in [3.05, 3.63) is 42.5 Å². The average Bonchev–Trinajstić information content (AvgIpc) is 2.95. The minimum atomic E-state index is 0.781. The van der Waals surface area contributed by atoms with E-state index < -0.39 is 0 Å². The van der Waals surface area contributed by atoms with Gasteiger partial charge in [-0.15, -0.1) is 0 Å². The van der Waals surface area contributed by atoms with Crippen molar-refractivity contribution in [2.24, 2.45) is 0 Å². The second-order valence-electron chi connectivity index (χ2n) is 4.78. The zero-order valence-corrected chi connectivity index (χ0v) is 12.3. The summed E-state index contributed by atoms with van der Waals surface area (Å²) in [5, 5.41) is 7.58. The number of hydrogen-bond acceptors (Lipinski definition) is 4. The molecule has 108 valence electrons. The van der Waals surface area contributed by atoms with Crippen molar-refractivity contribution in [2.45, 2.75) is 26.4 Å². The molecule has 0 radical (unpaired) electrons. The van der Waals surface area contributed by atoms with Gasteiger partial charge in [-0.2, -0.15) is 5.10 Å². The molecule has 2 rings (SSSR count). The SMILES string of the molecule is CCn1ncnc1CNCCCN(C)c1ccccc1. The average molecular weight is 273 g/mol. The summed E-state index contributed by atoms with van der Waals surface area (Å²) >= 11 is 0. The van der Waals surface area contributed by atoms with Crippen LogP contribution in [0.25, 0.3) is 0 Å². The smallest absolute Gasteiger partial charge is 0.140 e. The Bertz CT molecular complexity index is 494. The maximum absolute atomic E-state index is 4.25. The van der Waals surface area contributed by atoms with E-state index >= 15 is 0 Å². The molecule has 0 bridgehead atoms. The van der Waals surface area contributed by atoms with Crippen molar-refractivity contribution >= 4 is 5.69 Å². The van der Waals surface area contributed by atoms with Gasteiger partial charge in [-0.05, 0) is 32.0 Å². The van der Waals surface area contributed by atoms with E-state index in [1.807, 2.05) is 10.7 Å². The number of nitrogens with zero attached hydrogens (tertiary/aromatic N) is 4. The first-order valence-electron chi connectivity index (χ1n) is 7.15. The van der Waals surface area contributed by atoms with Crippen LogP contribution < -0.4 is 10.2 Å². The molecule has 1 aromatic heterocycles. The van der Waals surface area contributed by atoms with E-state index in [2.05, 4.69) is 58.5 Å². The summed E-state index contributed by atoms with van der Waals surface area (Å²) in [6.07, 6.45) is 2.72. The molecule has 0 spiro atoms. The molecule has 1 N–H and O–H groups in total. The maximum atomic E-state index is 4.25. The minimum absolute atomic E-state index is 0.781. The topological polar surface area (TPSA) is 46.0 Å². The van der Waals surface area contributed by atoms with Gasteiger partial charge in [-0.1, -0.05) is 18.2 Å². The third-order valence-corrected chi connectivity index (χ3v) is 3.32. The number of nitrogens with one attached hydrogen (secondary N) is 1. The molecule has 0 saturated carbocycles. The Kier molecular flexibility index (Phi) is 5.55.